The molecule has 0 saturated carbocycles. The second-order valence-corrected chi connectivity index (χ2v) is 37.4. The summed E-state index contributed by atoms with van der Waals surface area (Å²) in [4.78, 5) is 76.0. The largest absolute Gasteiger partial charge is 1.00 e. The molecule has 3 aromatic carbocycles. The van der Waals surface area contributed by atoms with Crippen molar-refractivity contribution in [2.24, 2.45) is 0 Å². The van der Waals surface area contributed by atoms with Crippen LogP contribution in [0, 0.1) is 55.4 Å². The number of carboxylic acid groups (broad SMARTS) is 1. The molecule has 3 radical (unpaired) electrons. The van der Waals surface area contributed by atoms with Crippen LogP contribution >= 0.6 is 225 Å². The minimum atomic E-state index is -0.984. The third kappa shape index (κ3) is 72.7. The molecule has 0 aliphatic rings. The van der Waals surface area contributed by atoms with Crippen molar-refractivity contribution in [2.75, 3.05) is 49.8 Å². The molecular formula is C86H98B2Br7Cl7K2LiN10Na2O16S3. The van der Waals surface area contributed by atoms with Gasteiger partial charge in [0.05, 0.1) is 79.4 Å². The average molecular weight is 2580 g/mol. The number of rotatable bonds is 18. The number of methoxy groups -OCH3 is 6. The number of aromatic amines is 2. The Labute approximate surface area is 1050 Å². The van der Waals surface area contributed by atoms with Crippen LogP contribution in [-0.4, -0.2) is 145 Å². The molecule has 26 nitrogen and oxygen atoms in total. The Hall–Kier alpha value is -0.600. The van der Waals surface area contributed by atoms with Crippen molar-refractivity contribution in [2.45, 2.75) is 106 Å². The van der Waals surface area contributed by atoms with Crippen LogP contribution < -0.4 is 225 Å². The van der Waals surface area contributed by atoms with Gasteiger partial charge in [0, 0.05) is 167 Å². The zero-order valence-corrected chi connectivity index (χ0v) is 107. The number of nitrogens with one attached hydrogen (secondary N) is 2. The van der Waals surface area contributed by atoms with E-state index in [-0.39, 0.29) is 220 Å². The van der Waals surface area contributed by atoms with Crippen LogP contribution in [0.3, 0.4) is 0 Å². The number of hydrogen-bond donors (Lipinski definition) is 6. The summed E-state index contributed by atoms with van der Waals surface area (Å²) in [5.41, 5.74) is 11.2. The summed E-state index contributed by atoms with van der Waals surface area (Å²) in [6, 6.07) is 36.4. The number of carbonyl (C=O) groups is 3. The average Bonchev–Trinajstić information content (AvgIpc) is 1.20. The number of unbranched alkanes of at least 4 members (excludes halogenated alkanes) is 1. The zero-order valence-electron chi connectivity index (χ0n) is 80.3. The monoisotopic (exact) mass is 2570 g/mol. The molecule has 0 spiro atoms. The molecule has 0 aliphatic carbocycles. The van der Waals surface area contributed by atoms with Gasteiger partial charge in [0.2, 0.25) is 35.3 Å². The number of aromatic carboxylic acids is 1. The Bertz CT molecular complexity index is 5220. The third-order valence-electron chi connectivity index (χ3n) is 14.4. The number of H-pyrrole nitrogens is 2. The normalized spacial score (nSPS) is 8.87. The number of carboxylic acids is 1. The van der Waals surface area contributed by atoms with E-state index in [1.807, 2.05) is 115 Å². The quantitative estimate of drug-likeness (QED) is 0.00535. The van der Waals surface area contributed by atoms with Gasteiger partial charge in [-0.25, -0.2) is 39.7 Å². The second-order valence-electron chi connectivity index (χ2n) is 24.1. The van der Waals surface area contributed by atoms with Gasteiger partial charge in [-0.05, 0) is 201 Å². The fraction of sp³-hybridized carbons (Fsp3) is 0.244. The molecule has 0 atom stereocenters. The third-order valence-corrected chi connectivity index (χ3v) is 20.5. The molecule has 136 heavy (non-hydrogen) atoms. The first-order valence-corrected chi connectivity index (χ1v) is 50.1. The number of halogens is 14. The number of thiol groups is 1. The van der Waals surface area contributed by atoms with Crippen LogP contribution in [0.2, 0.25) is 35.3 Å². The molecule has 0 aliphatic heterocycles. The number of aryl methyl sites for hydroxylation is 7. The number of thioether (sulfide) groups is 2. The van der Waals surface area contributed by atoms with Crippen LogP contribution in [0.4, 0.5) is 0 Å². The van der Waals surface area contributed by atoms with Crippen LogP contribution in [0.1, 0.15) is 105 Å². The standard InChI is InChI=1S/C14H13Cl2NOS.C12H9Cl2NO2S.C8H10BrNO.C8H11NO2.C8H9NO2.C7H8BrNO.C7H9NO.C6H4Cl2S.C6H6ClN.C4H4N2O2.C4H9.CH2O3.CH3O.BBr3.B.Br2.2K.Li.2Na.2H/c1-9-5-10(7-17-14(9)18-2)8-19-11-3-4-12(15)13(16)6-11;13-9-2-1-8(4-10(9)14)18-6-7-3-11(16)12(17)15-5-7;1-6-3-7(4-9)5-10-8(6)11-2;2*1-6-3-7(5-10)4-9-8(6)11-2;1-5-3-6(8)4-9-7(5)10-2;1-6-4-3-5-8-7(6)9-2;7-5-2-1-4(9)3-6(5)8;1-5-3-2-4-8-6(5)7;7-4(8)3-1-2-5-6-3;1-3-4-2;2-1-4-3;1-2;2-1(3)4;;1-2;;;;;;;/h3-7H,8H2,1-2H3;1-5,16H,6H2,(H,15,17);3,5H,4H2,1-2H3;3-4,10H,5H2,1-2H3;3-5H,1-2H3;3-4H,1-2H3;3-5H,1-2H3;1-3,9H;2-4H,1H3;1-2H,(H,5,6)(H,7,8);1,3-4H2,2H3;1,3H;1H3;;;;;;;;;;/q;;;;;;;;;;-1;;-1;;;;5*+1;2*-1/p-1. The molecule has 9 aromatic heterocycles. The Morgan fingerprint density at radius 2 is 0.926 bits per heavy atom. The SMILES string of the molecule is BrB(Br)Br.BrBr.COc1ncc(Br)cc1C.COc1ncc(C=O)cc1C.COc1ncc(CBr)cc1C.COc1ncc(CO)cc1C.COc1ncc(CSc2ccc(Cl)c(Cl)c2)cc1C.COc1ncccc1C.C[O-].Cc1cccnc1Cl.O=C(O)c1ccn[nH]1.O=CO[O-].O=c1[nH]cc(CSc2ccc(Cl)c(Cl)c2)cc1O.Sc1ccc(Cl)c(Cl)c1.[B].[CH2-]CCC.[H-].[H-].[K+].[K+].[Li+].[Na+].[Na+]. The van der Waals surface area contributed by atoms with Crippen molar-refractivity contribution in [1.29, 1.82) is 0 Å². The number of aldehydes is 1. The number of aromatic hydroxyl groups is 1. The van der Waals surface area contributed by atoms with Gasteiger partial charge >= 0.3 is 190 Å². The Morgan fingerprint density at radius 1 is 0.551 bits per heavy atom. The van der Waals surface area contributed by atoms with Crippen molar-refractivity contribution in [3.05, 3.63) is 307 Å². The number of nitrogens with zero attached hydrogens (tertiary/aromatic N) is 8. The zero-order chi connectivity index (χ0) is 99.2. The number of benzene rings is 3. The van der Waals surface area contributed by atoms with Crippen molar-refractivity contribution in [3.63, 3.8) is 0 Å². The number of aromatic nitrogens is 10. The maximum Gasteiger partial charge on any atom is 1.00 e. The van der Waals surface area contributed by atoms with E-state index in [1.165, 1.54) is 48.3 Å². The van der Waals surface area contributed by atoms with E-state index in [1.54, 1.807) is 128 Å². The van der Waals surface area contributed by atoms with Gasteiger partial charge < -0.3 is 73.8 Å². The first-order valence-electron chi connectivity index (χ1n) is 36.7. The maximum atomic E-state index is 11.0. The molecule has 0 unspecified atom stereocenters. The van der Waals surface area contributed by atoms with Crippen molar-refractivity contribution < 1.29 is 257 Å². The summed E-state index contributed by atoms with van der Waals surface area (Å²) < 4.78 is 31.2. The van der Waals surface area contributed by atoms with E-state index >= 15 is 0 Å². The van der Waals surface area contributed by atoms with Gasteiger partial charge in [0.25, 0.3) is 12.0 Å². The van der Waals surface area contributed by atoms with Crippen LogP contribution in [0.15, 0.2) is 201 Å². The number of aliphatic hydroxyl groups excluding tert-OH is 1. The molecule has 0 fully saturated rings. The molecule has 12 aromatic rings. The summed E-state index contributed by atoms with van der Waals surface area (Å²) in [5, 5.41) is 53.4. The first kappa shape index (κ1) is 153. The van der Waals surface area contributed by atoms with Crippen LogP contribution in [0.25, 0.3) is 0 Å². The molecule has 9 heterocycles. The van der Waals surface area contributed by atoms with Gasteiger partial charge in [-0.3, -0.25) is 19.5 Å². The smallest absolute Gasteiger partial charge is 1.00 e. The number of aliphatic hydroxyl groups is 1. The van der Waals surface area contributed by atoms with Gasteiger partial charge in [-0.2, -0.15) is 18.6 Å². The van der Waals surface area contributed by atoms with Crippen molar-refractivity contribution in [1.82, 2.24) is 50.1 Å². The topological polar surface area (TPSA) is 374 Å². The Kier molecular flexibility index (Phi) is 109. The van der Waals surface area contributed by atoms with E-state index in [4.69, 9.17) is 135 Å². The molecule has 12 rings (SSSR count). The Morgan fingerprint density at radius 3 is 1.24 bits per heavy atom. The van der Waals surface area contributed by atoms with E-state index in [2.05, 4.69) is 201 Å². The summed E-state index contributed by atoms with van der Waals surface area (Å²) in [5.74, 6) is 4.12. The predicted molar refractivity (Wildman–Crippen MR) is 561 cm³/mol. The predicted octanol–water partition coefficient (Wildman–Crippen LogP) is 9.81. The number of pyridine rings is 8. The van der Waals surface area contributed by atoms with E-state index in [0.29, 0.717) is 81.9 Å². The van der Waals surface area contributed by atoms with Gasteiger partial charge in [-0.1, -0.05) is 123 Å². The van der Waals surface area contributed by atoms with Crippen molar-refractivity contribution in [3.8, 4) is 41.0 Å². The minimum absolute atomic E-state index is 0. The van der Waals surface area contributed by atoms with Crippen LogP contribution in [-0.2, 0) is 33.1 Å². The molecule has 50 heteroatoms. The van der Waals surface area contributed by atoms with Gasteiger partial charge in [-0.15, -0.1) is 83.4 Å². The van der Waals surface area contributed by atoms with E-state index < -0.39 is 11.5 Å². The molecule has 715 valence electrons. The fourth-order valence-electron chi connectivity index (χ4n) is 8.42. The number of carbonyl (C=O) groups excluding carboxylic acids is 2. The molecule has 0 amide bonds. The minimum Gasteiger partial charge on any atom is -1.00 e. The second kappa shape index (κ2) is 96.5. The van der Waals surface area contributed by atoms with Crippen molar-refractivity contribution >= 4 is 255 Å². The Balaban J connectivity index is -0.000000142. The van der Waals surface area contributed by atoms with E-state index in [0.717, 1.165) is 106 Å². The van der Waals surface area contributed by atoms with Gasteiger partial charge in [0.1, 0.15) is 10.8 Å². The summed E-state index contributed by atoms with van der Waals surface area (Å²) in [7, 11) is 10.4. The van der Waals surface area contributed by atoms with Crippen LogP contribution in [0.5, 0.6) is 41.0 Å². The number of ether oxygens (including phenoxy) is 6. The number of alkyl halides is 1. The fourth-order valence-corrected chi connectivity index (χ4v) is 12.3. The molecule has 5 N–H and O–H groups in total. The number of hydrogen-bond acceptors (Lipinski definition) is 26. The van der Waals surface area contributed by atoms with Gasteiger partial charge in [0.15, 0.2) is 12.0 Å². The summed E-state index contributed by atoms with van der Waals surface area (Å²) in [6.07, 6.45) is 17.8. The first-order chi connectivity index (χ1) is 61.9. The summed E-state index contributed by atoms with van der Waals surface area (Å²) >= 11 is 69.2. The summed E-state index contributed by atoms with van der Waals surface area (Å²) in [6.45, 7) is 19.1. The van der Waals surface area contributed by atoms with E-state index in [9.17, 15) is 19.5 Å². The molecule has 0 saturated heterocycles. The molecular weight excluding hydrogens is 2490 g/mol. The molecule has 0 bridgehead atoms. The maximum absolute atomic E-state index is 11.0.